The second-order valence-electron chi connectivity index (χ2n) is 6.75. The zero-order chi connectivity index (χ0) is 19.3. The van der Waals surface area contributed by atoms with Crippen LogP contribution in [0, 0.1) is 0 Å². The number of thioether (sulfide) groups is 1. The number of morpholine rings is 1. The summed E-state index contributed by atoms with van der Waals surface area (Å²) in [4.78, 5) is 14.6. The first-order valence-corrected chi connectivity index (χ1v) is 10.3. The Bertz CT molecular complexity index is 968. The zero-order valence-corrected chi connectivity index (χ0v) is 16.6. The average Bonchev–Trinajstić information content (AvgIpc) is 3.06. The predicted octanol–water partition coefficient (Wildman–Crippen LogP) is 2.53. The molecule has 2 heterocycles. The summed E-state index contributed by atoms with van der Waals surface area (Å²) >= 11 is 1.39. The lowest BCUT2D eigenvalue weighted by atomic mass is 10.1. The van der Waals surface area contributed by atoms with Crippen molar-refractivity contribution < 1.29 is 9.53 Å². The van der Waals surface area contributed by atoms with Crippen LogP contribution in [0.1, 0.15) is 5.82 Å². The second-order valence-corrected chi connectivity index (χ2v) is 7.69. The number of carbonyl (C=O) groups is 1. The molecule has 1 N–H and O–H groups in total. The van der Waals surface area contributed by atoms with E-state index in [4.69, 9.17) is 4.74 Å². The van der Waals surface area contributed by atoms with Crippen molar-refractivity contribution >= 4 is 34.1 Å². The van der Waals surface area contributed by atoms with Crippen LogP contribution >= 0.6 is 11.8 Å². The predicted molar refractivity (Wildman–Crippen MR) is 110 cm³/mol. The van der Waals surface area contributed by atoms with Crippen LogP contribution in [-0.4, -0.2) is 57.6 Å². The van der Waals surface area contributed by atoms with Crippen molar-refractivity contribution in [3.05, 3.63) is 48.3 Å². The van der Waals surface area contributed by atoms with Gasteiger partial charge in [-0.3, -0.25) is 9.69 Å². The van der Waals surface area contributed by atoms with Gasteiger partial charge in [-0.2, -0.15) is 0 Å². The van der Waals surface area contributed by atoms with Crippen molar-refractivity contribution in [2.24, 2.45) is 7.05 Å². The van der Waals surface area contributed by atoms with E-state index in [-0.39, 0.29) is 11.7 Å². The molecular weight excluding hydrogens is 374 g/mol. The largest absolute Gasteiger partial charge is 0.379 e. The van der Waals surface area contributed by atoms with E-state index < -0.39 is 0 Å². The van der Waals surface area contributed by atoms with Gasteiger partial charge in [0.25, 0.3) is 0 Å². The van der Waals surface area contributed by atoms with Gasteiger partial charge in [0.15, 0.2) is 5.16 Å². The molecule has 0 saturated carbocycles. The highest BCUT2D eigenvalue weighted by atomic mass is 32.2. The summed E-state index contributed by atoms with van der Waals surface area (Å²) in [5, 5.41) is 14.5. The highest BCUT2D eigenvalue weighted by molar-refractivity contribution is 7.99. The topological polar surface area (TPSA) is 72.3 Å². The molecule has 7 nitrogen and oxygen atoms in total. The molecule has 1 aliphatic heterocycles. The standard InChI is InChI=1S/C20H23N5O2S/c1-24-18(13-25-8-10-27-11-9-25)22-23-20(24)28-14-19(26)21-17-7-6-15-4-2-3-5-16(15)12-17/h2-7,12H,8-11,13-14H2,1H3,(H,21,26). The third-order valence-electron chi connectivity index (χ3n) is 4.76. The first-order chi connectivity index (χ1) is 13.7. The molecule has 4 rings (SSSR count). The molecule has 0 aliphatic carbocycles. The number of nitrogens with zero attached hydrogens (tertiary/aromatic N) is 4. The molecule has 1 aliphatic rings. The lowest BCUT2D eigenvalue weighted by Gasteiger charge is -2.25. The second kappa shape index (κ2) is 8.72. The molecule has 0 atom stereocenters. The lowest BCUT2D eigenvalue weighted by molar-refractivity contribution is -0.113. The van der Waals surface area contributed by atoms with Crippen LogP contribution in [0.5, 0.6) is 0 Å². The summed E-state index contributed by atoms with van der Waals surface area (Å²) < 4.78 is 7.34. The van der Waals surface area contributed by atoms with E-state index in [2.05, 4.69) is 26.5 Å². The van der Waals surface area contributed by atoms with Crippen LogP contribution in [0.15, 0.2) is 47.6 Å². The molecule has 3 aromatic rings. The number of rotatable bonds is 6. The molecule has 0 spiro atoms. The molecule has 8 heteroatoms. The van der Waals surface area contributed by atoms with Gasteiger partial charge < -0.3 is 14.6 Å². The smallest absolute Gasteiger partial charge is 0.234 e. The Labute approximate surface area is 168 Å². The van der Waals surface area contributed by atoms with Crippen molar-refractivity contribution in [1.29, 1.82) is 0 Å². The molecule has 1 saturated heterocycles. The monoisotopic (exact) mass is 397 g/mol. The van der Waals surface area contributed by atoms with E-state index in [9.17, 15) is 4.79 Å². The normalized spacial score (nSPS) is 15.0. The van der Waals surface area contributed by atoms with Gasteiger partial charge >= 0.3 is 0 Å². The Hall–Kier alpha value is -2.42. The maximum absolute atomic E-state index is 12.3. The molecule has 28 heavy (non-hydrogen) atoms. The number of anilines is 1. The van der Waals surface area contributed by atoms with Gasteiger partial charge in [-0.1, -0.05) is 42.1 Å². The van der Waals surface area contributed by atoms with Crippen LogP contribution < -0.4 is 5.32 Å². The minimum absolute atomic E-state index is 0.0574. The number of hydrogen-bond donors (Lipinski definition) is 1. The first-order valence-electron chi connectivity index (χ1n) is 9.29. The van der Waals surface area contributed by atoms with Gasteiger partial charge in [-0.25, -0.2) is 0 Å². The SMILES string of the molecule is Cn1c(CN2CCOCC2)nnc1SCC(=O)Nc1ccc2ccccc2c1. The summed E-state index contributed by atoms with van der Waals surface area (Å²) in [6.45, 7) is 4.08. The minimum atomic E-state index is -0.0574. The van der Waals surface area contributed by atoms with Crippen LogP contribution in [0.4, 0.5) is 5.69 Å². The summed E-state index contributed by atoms with van der Waals surface area (Å²) in [6, 6.07) is 14.0. The number of nitrogens with one attached hydrogen (secondary N) is 1. The Morgan fingerprint density at radius 3 is 2.75 bits per heavy atom. The number of carbonyl (C=O) groups excluding carboxylic acids is 1. The minimum Gasteiger partial charge on any atom is -0.379 e. The van der Waals surface area contributed by atoms with Crippen LogP contribution in [0.3, 0.4) is 0 Å². The zero-order valence-electron chi connectivity index (χ0n) is 15.8. The first kappa shape index (κ1) is 18.9. The highest BCUT2D eigenvalue weighted by Gasteiger charge is 2.16. The molecule has 0 radical (unpaired) electrons. The molecule has 2 aromatic carbocycles. The van der Waals surface area contributed by atoms with Crippen molar-refractivity contribution in [2.45, 2.75) is 11.7 Å². The highest BCUT2D eigenvalue weighted by Crippen LogP contribution is 2.20. The van der Waals surface area contributed by atoms with E-state index in [0.29, 0.717) is 0 Å². The van der Waals surface area contributed by atoms with E-state index in [0.717, 1.165) is 60.3 Å². The summed E-state index contributed by atoms with van der Waals surface area (Å²) in [5.74, 6) is 1.13. The number of aromatic nitrogens is 3. The van der Waals surface area contributed by atoms with Gasteiger partial charge in [0, 0.05) is 25.8 Å². The van der Waals surface area contributed by atoms with Crippen molar-refractivity contribution in [1.82, 2.24) is 19.7 Å². The van der Waals surface area contributed by atoms with E-state index >= 15 is 0 Å². The Kier molecular flexibility index (Phi) is 5.90. The maximum atomic E-state index is 12.3. The van der Waals surface area contributed by atoms with E-state index in [1.54, 1.807) is 0 Å². The number of ether oxygens (including phenoxy) is 1. The van der Waals surface area contributed by atoms with Gasteiger partial charge in [-0.05, 0) is 22.9 Å². The van der Waals surface area contributed by atoms with E-state index in [1.165, 1.54) is 11.8 Å². The van der Waals surface area contributed by atoms with Gasteiger partial charge in [-0.15, -0.1) is 10.2 Å². The molecule has 1 aromatic heterocycles. The number of benzene rings is 2. The molecule has 1 amide bonds. The summed E-state index contributed by atoms with van der Waals surface area (Å²) in [5.41, 5.74) is 0.801. The van der Waals surface area contributed by atoms with Crippen molar-refractivity contribution in [3.8, 4) is 0 Å². The Morgan fingerprint density at radius 2 is 1.93 bits per heavy atom. The molecular formula is C20H23N5O2S. The summed E-state index contributed by atoms with van der Waals surface area (Å²) in [7, 11) is 1.94. The fourth-order valence-corrected chi connectivity index (χ4v) is 3.89. The Balaban J connectivity index is 1.32. The lowest BCUT2D eigenvalue weighted by Crippen LogP contribution is -2.36. The molecule has 146 valence electrons. The van der Waals surface area contributed by atoms with Crippen LogP contribution in [0.2, 0.25) is 0 Å². The van der Waals surface area contributed by atoms with Crippen LogP contribution in [-0.2, 0) is 23.1 Å². The fraction of sp³-hybridized carbons (Fsp3) is 0.350. The van der Waals surface area contributed by atoms with Gasteiger partial charge in [0.2, 0.25) is 5.91 Å². The Morgan fingerprint density at radius 1 is 1.14 bits per heavy atom. The van der Waals surface area contributed by atoms with E-state index in [1.807, 2.05) is 48.0 Å². The molecule has 1 fully saturated rings. The number of hydrogen-bond acceptors (Lipinski definition) is 6. The number of fused-ring (bicyclic) bond motifs is 1. The molecule has 0 bridgehead atoms. The average molecular weight is 398 g/mol. The third-order valence-corrected chi connectivity index (χ3v) is 5.78. The fourth-order valence-electron chi connectivity index (χ4n) is 3.16. The van der Waals surface area contributed by atoms with Crippen LogP contribution in [0.25, 0.3) is 10.8 Å². The van der Waals surface area contributed by atoms with Gasteiger partial charge in [0.1, 0.15) is 5.82 Å². The quantitative estimate of drug-likeness (QED) is 0.645. The molecule has 0 unspecified atom stereocenters. The van der Waals surface area contributed by atoms with Gasteiger partial charge in [0.05, 0.1) is 25.5 Å². The van der Waals surface area contributed by atoms with Crippen molar-refractivity contribution in [3.63, 3.8) is 0 Å². The van der Waals surface area contributed by atoms with Crippen molar-refractivity contribution in [2.75, 3.05) is 37.4 Å². The number of amides is 1. The summed E-state index contributed by atoms with van der Waals surface area (Å²) in [6.07, 6.45) is 0. The third kappa shape index (κ3) is 4.52. The maximum Gasteiger partial charge on any atom is 0.234 e.